The van der Waals surface area contributed by atoms with Crippen molar-refractivity contribution in [3.8, 4) is 0 Å². The fourth-order valence-corrected chi connectivity index (χ4v) is 1.22. The van der Waals surface area contributed by atoms with Gasteiger partial charge in [-0.1, -0.05) is 0 Å². The number of hydrogen-bond acceptors (Lipinski definition) is 2. The maximum absolute atomic E-state index is 3.42. The first-order valence-corrected chi connectivity index (χ1v) is 3.65. The first kappa shape index (κ1) is 10.2. The molecule has 0 radical (unpaired) electrons. The molecule has 0 unspecified atom stereocenters. The highest BCUT2D eigenvalue weighted by Crippen LogP contribution is 2.04. The topological polar surface area (TPSA) is 15.3 Å². The molecule has 2 atom stereocenters. The highest BCUT2D eigenvalue weighted by Gasteiger charge is 2.19. The van der Waals surface area contributed by atoms with E-state index in [1.54, 1.807) is 0 Å². The van der Waals surface area contributed by atoms with E-state index in [0.29, 0.717) is 12.1 Å². The van der Waals surface area contributed by atoms with Gasteiger partial charge in [0, 0.05) is 25.2 Å². The van der Waals surface area contributed by atoms with E-state index in [1.165, 1.54) is 6.54 Å². The summed E-state index contributed by atoms with van der Waals surface area (Å²) in [6.45, 7) is 6.82. The average Bonchev–Trinajstić information content (AvgIpc) is 1.83. The third-order valence-corrected chi connectivity index (χ3v) is 2.35. The van der Waals surface area contributed by atoms with Gasteiger partial charge in [0.25, 0.3) is 0 Å². The molecule has 0 spiro atoms. The molecule has 0 aliphatic carbocycles. The minimum atomic E-state index is 0. The smallest absolute Gasteiger partial charge is 0.0215 e. The molecule has 1 fully saturated rings. The average molecular weight is 165 g/mol. The number of hydrogen-bond donors (Lipinski definition) is 1. The Bertz CT molecular complexity index is 87.6. The number of nitrogens with zero attached hydrogens (tertiary/aromatic N) is 1. The first-order valence-electron chi connectivity index (χ1n) is 3.65. The summed E-state index contributed by atoms with van der Waals surface area (Å²) in [5.41, 5.74) is 0. The Hall–Kier alpha value is 0.210. The normalized spacial score (nSPS) is 35.1. The van der Waals surface area contributed by atoms with Gasteiger partial charge >= 0.3 is 0 Å². The van der Waals surface area contributed by atoms with Crippen molar-refractivity contribution in [2.24, 2.45) is 0 Å². The monoisotopic (exact) mass is 164 g/mol. The summed E-state index contributed by atoms with van der Waals surface area (Å²) in [4.78, 5) is 2.39. The van der Waals surface area contributed by atoms with Crippen molar-refractivity contribution in [3.63, 3.8) is 0 Å². The Balaban J connectivity index is 0.000000810. The highest BCUT2D eigenvalue weighted by molar-refractivity contribution is 5.85. The number of likely N-dealkylation sites (N-methyl/N-ethyl adjacent to an activating group) is 1. The molecular weight excluding hydrogens is 148 g/mol. The first-order chi connectivity index (χ1) is 4.22. The van der Waals surface area contributed by atoms with Crippen LogP contribution in [0.4, 0.5) is 0 Å². The van der Waals surface area contributed by atoms with Gasteiger partial charge in [0.15, 0.2) is 0 Å². The van der Waals surface area contributed by atoms with E-state index in [0.717, 1.165) is 6.54 Å². The summed E-state index contributed by atoms with van der Waals surface area (Å²) in [5, 5.41) is 3.42. The van der Waals surface area contributed by atoms with Gasteiger partial charge in [0.1, 0.15) is 0 Å². The lowest BCUT2D eigenvalue weighted by Gasteiger charge is -2.35. The maximum atomic E-state index is 3.42. The Kier molecular flexibility index (Phi) is 4.25. The van der Waals surface area contributed by atoms with Crippen LogP contribution in [0.15, 0.2) is 0 Å². The quantitative estimate of drug-likeness (QED) is 0.568. The predicted octanol–water partition coefficient (Wildman–Crippen LogP) is 0.720. The molecule has 0 saturated carbocycles. The molecular formula is C7H17ClN2. The van der Waals surface area contributed by atoms with Crippen molar-refractivity contribution >= 4 is 12.4 Å². The van der Waals surface area contributed by atoms with Crippen LogP contribution < -0.4 is 5.32 Å². The van der Waals surface area contributed by atoms with Crippen LogP contribution in [-0.2, 0) is 0 Å². The molecule has 3 heteroatoms. The largest absolute Gasteiger partial charge is 0.311 e. The van der Waals surface area contributed by atoms with E-state index in [-0.39, 0.29) is 12.4 Å². The predicted molar refractivity (Wildman–Crippen MR) is 46.8 cm³/mol. The zero-order valence-corrected chi connectivity index (χ0v) is 7.74. The van der Waals surface area contributed by atoms with Gasteiger partial charge in [-0.25, -0.2) is 0 Å². The Morgan fingerprint density at radius 3 is 2.40 bits per heavy atom. The minimum absolute atomic E-state index is 0. The second kappa shape index (κ2) is 4.16. The number of nitrogens with one attached hydrogen (secondary N) is 1. The van der Waals surface area contributed by atoms with E-state index in [1.807, 2.05) is 0 Å². The van der Waals surface area contributed by atoms with Crippen molar-refractivity contribution < 1.29 is 0 Å². The summed E-state index contributed by atoms with van der Waals surface area (Å²) < 4.78 is 0. The summed E-state index contributed by atoms with van der Waals surface area (Å²) >= 11 is 0. The summed E-state index contributed by atoms with van der Waals surface area (Å²) in [6, 6.07) is 1.35. The van der Waals surface area contributed by atoms with Crippen LogP contribution in [0.3, 0.4) is 0 Å². The van der Waals surface area contributed by atoms with Crippen LogP contribution in [0, 0.1) is 0 Å². The van der Waals surface area contributed by atoms with Crippen LogP contribution in [-0.4, -0.2) is 37.1 Å². The molecule has 0 aromatic rings. The molecule has 2 nitrogen and oxygen atoms in total. The van der Waals surface area contributed by atoms with Crippen molar-refractivity contribution in [3.05, 3.63) is 0 Å². The van der Waals surface area contributed by atoms with Crippen molar-refractivity contribution in [2.75, 3.05) is 20.1 Å². The zero-order chi connectivity index (χ0) is 6.85. The van der Waals surface area contributed by atoms with E-state index in [2.05, 4.69) is 31.1 Å². The zero-order valence-electron chi connectivity index (χ0n) is 6.92. The number of piperazine rings is 1. The maximum Gasteiger partial charge on any atom is 0.0215 e. The lowest BCUT2D eigenvalue weighted by molar-refractivity contribution is 0.172. The Morgan fingerprint density at radius 2 is 2.00 bits per heavy atom. The number of halogens is 1. The molecule has 0 aromatic carbocycles. The minimum Gasteiger partial charge on any atom is -0.311 e. The molecule has 0 amide bonds. The van der Waals surface area contributed by atoms with Gasteiger partial charge in [-0.2, -0.15) is 0 Å². The second-order valence-corrected chi connectivity index (χ2v) is 2.96. The molecule has 10 heavy (non-hydrogen) atoms. The fraction of sp³-hybridized carbons (Fsp3) is 1.00. The Labute approximate surface area is 69.4 Å². The van der Waals surface area contributed by atoms with Gasteiger partial charge in [-0.3, -0.25) is 0 Å². The standard InChI is InChI=1S/C7H16N2.ClH/c1-6-7(2)9(3)5-4-8-6;/h6-8H,4-5H2,1-3H3;1H/t6-,7+;/m1./s1. The summed E-state index contributed by atoms with van der Waals surface area (Å²) in [7, 11) is 2.18. The van der Waals surface area contributed by atoms with Gasteiger partial charge < -0.3 is 10.2 Å². The van der Waals surface area contributed by atoms with E-state index in [9.17, 15) is 0 Å². The molecule has 1 heterocycles. The molecule has 1 N–H and O–H groups in total. The van der Waals surface area contributed by atoms with Gasteiger partial charge in [0.2, 0.25) is 0 Å². The Morgan fingerprint density at radius 1 is 1.40 bits per heavy atom. The van der Waals surface area contributed by atoms with Crippen molar-refractivity contribution in [1.29, 1.82) is 0 Å². The van der Waals surface area contributed by atoms with Crippen molar-refractivity contribution in [1.82, 2.24) is 10.2 Å². The van der Waals surface area contributed by atoms with Crippen LogP contribution in [0.5, 0.6) is 0 Å². The second-order valence-electron chi connectivity index (χ2n) is 2.96. The molecule has 1 aliphatic rings. The van der Waals surface area contributed by atoms with Crippen LogP contribution in [0.2, 0.25) is 0 Å². The molecule has 62 valence electrons. The summed E-state index contributed by atoms with van der Waals surface area (Å²) in [6.07, 6.45) is 0. The van der Waals surface area contributed by atoms with Gasteiger partial charge in [-0.15, -0.1) is 12.4 Å². The van der Waals surface area contributed by atoms with Crippen LogP contribution in [0.25, 0.3) is 0 Å². The van der Waals surface area contributed by atoms with Gasteiger partial charge in [0.05, 0.1) is 0 Å². The SMILES string of the molecule is C[C@H]1NCCN(C)[C@H]1C.Cl. The van der Waals surface area contributed by atoms with Crippen LogP contribution >= 0.6 is 12.4 Å². The molecule has 0 bridgehead atoms. The lowest BCUT2D eigenvalue weighted by Crippen LogP contribution is -2.53. The van der Waals surface area contributed by atoms with Crippen LogP contribution in [0.1, 0.15) is 13.8 Å². The van der Waals surface area contributed by atoms with E-state index in [4.69, 9.17) is 0 Å². The fourth-order valence-electron chi connectivity index (χ4n) is 1.22. The molecule has 1 saturated heterocycles. The molecule has 1 rings (SSSR count). The summed E-state index contributed by atoms with van der Waals surface area (Å²) in [5.74, 6) is 0. The molecule has 1 aliphatic heterocycles. The lowest BCUT2D eigenvalue weighted by atomic mass is 10.1. The highest BCUT2D eigenvalue weighted by atomic mass is 35.5. The third-order valence-electron chi connectivity index (χ3n) is 2.35. The van der Waals surface area contributed by atoms with Gasteiger partial charge in [-0.05, 0) is 20.9 Å². The number of rotatable bonds is 0. The third kappa shape index (κ3) is 2.11. The molecule has 0 aromatic heterocycles. The van der Waals surface area contributed by atoms with E-state index >= 15 is 0 Å². The van der Waals surface area contributed by atoms with E-state index < -0.39 is 0 Å². The van der Waals surface area contributed by atoms with Crippen molar-refractivity contribution in [2.45, 2.75) is 25.9 Å².